The molecule has 1 atom stereocenters. The minimum Gasteiger partial charge on any atom is -0.494 e. The molecule has 1 aliphatic rings. The molecule has 1 saturated heterocycles. The zero-order valence-corrected chi connectivity index (χ0v) is 15.3. The Labute approximate surface area is 159 Å². The van der Waals surface area contributed by atoms with Crippen molar-refractivity contribution >= 4 is 0 Å². The molecular formula is C22H24FN3O. The Balaban J connectivity index is 1.29. The lowest BCUT2D eigenvalue weighted by Gasteiger charge is -2.41. The van der Waals surface area contributed by atoms with Crippen LogP contribution in [0.15, 0.2) is 67.3 Å². The number of hydrogen-bond acceptors (Lipinski definition) is 3. The van der Waals surface area contributed by atoms with Gasteiger partial charge in [0, 0.05) is 38.1 Å². The summed E-state index contributed by atoms with van der Waals surface area (Å²) in [6, 6.07) is 15.6. The molecule has 0 aliphatic carbocycles. The zero-order valence-electron chi connectivity index (χ0n) is 15.3. The number of imidazole rings is 1. The topological polar surface area (TPSA) is 30.3 Å². The number of benzene rings is 2. The molecule has 3 aromatic rings. The minimum absolute atomic E-state index is 0.178. The van der Waals surface area contributed by atoms with Crippen molar-refractivity contribution in [3.8, 4) is 5.75 Å². The van der Waals surface area contributed by atoms with Crippen LogP contribution in [-0.4, -0.2) is 27.6 Å². The van der Waals surface area contributed by atoms with Crippen LogP contribution in [0.25, 0.3) is 0 Å². The van der Waals surface area contributed by atoms with Gasteiger partial charge in [-0.1, -0.05) is 24.3 Å². The third-order valence-corrected chi connectivity index (χ3v) is 5.06. The Bertz CT molecular complexity index is 848. The number of aromatic nitrogens is 2. The first kappa shape index (κ1) is 17.7. The summed E-state index contributed by atoms with van der Waals surface area (Å²) in [4.78, 5) is 6.46. The fraction of sp³-hybridized carbons (Fsp3) is 0.318. The standard InChI is InChI=1S/C22H24FN3O/c23-20-7-5-19(6-8-20)22-9-12-26(22)16-18-3-1-4-21(15-18)27-14-2-11-25-13-10-24-17-25/h1,3-8,10,13,15,17,22H,2,9,11-12,14,16H2/t22-/m0/s1. The van der Waals surface area contributed by atoms with E-state index < -0.39 is 0 Å². The van der Waals surface area contributed by atoms with Crippen molar-refractivity contribution < 1.29 is 9.13 Å². The van der Waals surface area contributed by atoms with E-state index in [1.165, 1.54) is 11.1 Å². The molecule has 1 fully saturated rings. The Morgan fingerprint density at radius 2 is 2.04 bits per heavy atom. The minimum atomic E-state index is -0.178. The smallest absolute Gasteiger partial charge is 0.123 e. The van der Waals surface area contributed by atoms with Gasteiger partial charge >= 0.3 is 0 Å². The molecule has 0 spiro atoms. The third-order valence-electron chi connectivity index (χ3n) is 5.06. The quantitative estimate of drug-likeness (QED) is 0.553. The summed E-state index contributed by atoms with van der Waals surface area (Å²) < 4.78 is 21.1. The summed E-state index contributed by atoms with van der Waals surface area (Å²) in [7, 11) is 0. The van der Waals surface area contributed by atoms with Gasteiger partial charge in [0.15, 0.2) is 0 Å². The number of halogens is 1. The number of rotatable bonds is 8. The van der Waals surface area contributed by atoms with Crippen molar-refractivity contribution in [3.05, 3.63) is 84.2 Å². The van der Waals surface area contributed by atoms with E-state index in [2.05, 4.69) is 26.6 Å². The fourth-order valence-electron chi connectivity index (χ4n) is 3.52. The highest BCUT2D eigenvalue weighted by Crippen LogP contribution is 2.34. The maximum atomic E-state index is 13.1. The summed E-state index contributed by atoms with van der Waals surface area (Å²) in [5.74, 6) is 0.736. The molecule has 1 aromatic heterocycles. The Morgan fingerprint density at radius 3 is 2.78 bits per heavy atom. The predicted octanol–water partition coefficient (Wildman–Crippen LogP) is 4.44. The van der Waals surface area contributed by atoms with Crippen LogP contribution in [0.4, 0.5) is 4.39 Å². The lowest BCUT2D eigenvalue weighted by Crippen LogP contribution is -2.40. The Hall–Kier alpha value is -2.66. The van der Waals surface area contributed by atoms with E-state index in [0.29, 0.717) is 12.6 Å². The van der Waals surface area contributed by atoms with E-state index in [9.17, 15) is 4.39 Å². The monoisotopic (exact) mass is 365 g/mol. The van der Waals surface area contributed by atoms with Crippen molar-refractivity contribution in [2.75, 3.05) is 13.2 Å². The number of hydrogen-bond donors (Lipinski definition) is 0. The van der Waals surface area contributed by atoms with Crippen LogP contribution in [-0.2, 0) is 13.1 Å². The van der Waals surface area contributed by atoms with Crippen LogP contribution in [0.5, 0.6) is 5.75 Å². The van der Waals surface area contributed by atoms with Gasteiger partial charge in [0.25, 0.3) is 0 Å². The average Bonchev–Trinajstić information content (AvgIpc) is 3.18. The van der Waals surface area contributed by atoms with Crippen LogP contribution >= 0.6 is 0 Å². The highest BCUT2D eigenvalue weighted by Gasteiger charge is 2.29. The van der Waals surface area contributed by atoms with Crippen molar-refractivity contribution in [2.24, 2.45) is 0 Å². The van der Waals surface area contributed by atoms with Gasteiger partial charge in [0.1, 0.15) is 11.6 Å². The molecule has 140 valence electrons. The van der Waals surface area contributed by atoms with Gasteiger partial charge in [-0.2, -0.15) is 0 Å². The van der Waals surface area contributed by atoms with E-state index >= 15 is 0 Å². The Morgan fingerprint density at radius 1 is 1.15 bits per heavy atom. The van der Waals surface area contributed by atoms with Crippen LogP contribution < -0.4 is 4.74 Å². The van der Waals surface area contributed by atoms with E-state index in [1.807, 2.05) is 36.8 Å². The van der Waals surface area contributed by atoms with Crippen LogP contribution in [0, 0.1) is 5.82 Å². The summed E-state index contributed by atoms with van der Waals surface area (Å²) in [6.45, 7) is 3.54. The number of ether oxygens (including phenoxy) is 1. The Kier molecular flexibility index (Phi) is 5.49. The van der Waals surface area contributed by atoms with Gasteiger partial charge in [0.2, 0.25) is 0 Å². The first-order chi connectivity index (χ1) is 13.3. The largest absolute Gasteiger partial charge is 0.494 e. The predicted molar refractivity (Wildman–Crippen MR) is 103 cm³/mol. The van der Waals surface area contributed by atoms with Gasteiger partial charge in [-0.05, 0) is 48.2 Å². The maximum absolute atomic E-state index is 13.1. The van der Waals surface area contributed by atoms with Crippen LogP contribution in [0.2, 0.25) is 0 Å². The molecule has 27 heavy (non-hydrogen) atoms. The van der Waals surface area contributed by atoms with E-state index in [4.69, 9.17) is 4.74 Å². The molecule has 1 aliphatic heterocycles. The van der Waals surface area contributed by atoms with Crippen LogP contribution in [0.1, 0.15) is 30.0 Å². The molecule has 2 heterocycles. The number of aryl methyl sites for hydroxylation is 1. The molecule has 0 amide bonds. The fourth-order valence-corrected chi connectivity index (χ4v) is 3.52. The highest BCUT2D eigenvalue weighted by molar-refractivity contribution is 5.29. The molecule has 5 heteroatoms. The maximum Gasteiger partial charge on any atom is 0.123 e. The van der Waals surface area contributed by atoms with Gasteiger partial charge in [-0.25, -0.2) is 9.37 Å². The van der Waals surface area contributed by atoms with Crippen molar-refractivity contribution in [1.29, 1.82) is 0 Å². The average molecular weight is 365 g/mol. The molecule has 2 aromatic carbocycles. The third kappa shape index (κ3) is 4.55. The van der Waals surface area contributed by atoms with Crippen LogP contribution in [0.3, 0.4) is 0 Å². The molecule has 0 saturated carbocycles. The van der Waals surface area contributed by atoms with Gasteiger partial charge < -0.3 is 9.30 Å². The highest BCUT2D eigenvalue weighted by atomic mass is 19.1. The summed E-state index contributed by atoms with van der Waals surface area (Å²) in [5.41, 5.74) is 2.43. The van der Waals surface area contributed by atoms with E-state index in [-0.39, 0.29) is 5.82 Å². The van der Waals surface area contributed by atoms with Crippen molar-refractivity contribution in [2.45, 2.75) is 32.0 Å². The number of likely N-dealkylation sites (tertiary alicyclic amines) is 1. The van der Waals surface area contributed by atoms with Gasteiger partial charge in [-0.15, -0.1) is 0 Å². The lowest BCUT2D eigenvalue weighted by molar-refractivity contribution is 0.0817. The lowest BCUT2D eigenvalue weighted by atomic mass is 9.94. The molecule has 4 rings (SSSR count). The molecular weight excluding hydrogens is 341 g/mol. The van der Waals surface area contributed by atoms with E-state index in [0.717, 1.165) is 38.2 Å². The second-order valence-electron chi connectivity index (χ2n) is 6.98. The molecule has 4 nitrogen and oxygen atoms in total. The molecule has 0 N–H and O–H groups in total. The SMILES string of the molecule is Fc1ccc([C@@H]2CCN2Cc2cccc(OCCCn3ccnc3)c2)cc1. The second-order valence-corrected chi connectivity index (χ2v) is 6.98. The first-order valence-corrected chi connectivity index (χ1v) is 9.45. The van der Waals surface area contributed by atoms with Gasteiger partial charge in [-0.3, -0.25) is 4.90 Å². The zero-order chi connectivity index (χ0) is 18.5. The summed E-state index contributed by atoms with van der Waals surface area (Å²) in [5, 5.41) is 0. The first-order valence-electron chi connectivity index (χ1n) is 9.45. The molecule has 0 unspecified atom stereocenters. The normalized spacial score (nSPS) is 16.9. The van der Waals surface area contributed by atoms with Crippen molar-refractivity contribution in [3.63, 3.8) is 0 Å². The van der Waals surface area contributed by atoms with Gasteiger partial charge in [0.05, 0.1) is 12.9 Å². The summed E-state index contributed by atoms with van der Waals surface area (Å²) >= 11 is 0. The summed E-state index contributed by atoms with van der Waals surface area (Å²) in [6.07, 6.45) is 7.64. The van der Waals surface area contributed by atoms with Crippen molar-refractivity contribution in [1.82, 2.24) is 14.5 Å². The molecule has 0 bridgehead atoms. The van der Waals surface area contributed by atoms with E-state index in [1.54, 1.807) is 18.3 Å². The second kappa shape index (κ2) is 8.35. The number of nitrogens with zero attached hydrogens (tertiary/aromatic N) is 3. The molecule has 0 radical (unpaired) electrons.